The van der Waals surface area contributed by atoms with Gasteiger partial charge < -0.3 is 9.47 Å². The Morgan fingerprint density at radius 1 is 1.47 bits per heavy atom. The van der Waals surface area contributed by atoms with Crippen molar-refractivity contribution in [2.24, 2.45) is 0 Å². The van der Waals surface area contributed by atoms with Gasteiger partial charge in [-0.3, -0.25) is 9.69 Å². The van der Waals surface area contributed by atoms with Crippen molar-refractivity contribution in [3.05, 3.63) is 42.0 Å². The SMILES string of the molecule is COC(=O)C1COCCN1C/C=C/c1ccccc1. The lowest BCUT2D eigenvalue weighted by Gasteiger charge is -2.32. The van der Waals surface area contributed by atoms with Crippen LogP contribution >= 0.6 is 0 Å². The van der Waals surface area contributed by atoms with Crippen molar-refractivity contribution >= 4 is 12.0 Å². The first kappa shape index (κ1) is 13.8. The van der Waals surface area contributed by atoms with Gasteiger partial charge in [-0.05, 0) is 5.56 Å². The molecule has 4 nitrogen and oxygen atoms in total. The highest BCUT2D eigenvalue weighted by Gasteiger charge is 2.29. The molecule has 102 valence electrons. The number of methoxy groups -OCH3 is 1. The zero-order chi connectivity index (χ0) is 13.5. The second-order valence-corrected chi connectivity index (χ2v) is 4.42. The van der Waals surface area contributed by atoms with Gasteiger partial charge in [-0.1, -0.05) is 42.5 Å². The van der Waals surface area contributed by atoms with Crippen molar-refractivity contribution in [1.82, 2.24) is 4.90 Å². The van der Waals surface area contributed by atoms with Gasteiger partial charge in [0.05, 0.1) is 20.3 Å². The Morgan fingerprint density at radius 3 is 3.00 bits per heavy atom. The predicted molar refractivity (Wildman–Crippen MR) is 73.7 cm³/mol. The summed E-state index contributed by atoms with van der Waals surface area (Å²) in [6.07, 6.45) is 4.13. The van der Waals surface area contributed by atoms with Crippen LogP contribution in [0.3, 0.4) is 0 Å². The monoisotopic (exact) mass is 261 g/mol. The van der Waals surface area contributed by atoms with Crippen molar-refractivity contribution in [2.75, 3.05) is 33.4 Å². The molecule has 1 heterocycles. The smallest absolute Gasteiger partial charge is 0.325 e. The molecule has 1 aliphatic heterocycles. The molecule has 0 aromatic heterocycles. The summed E-state index contributed by atoms with van der Waals surface area (Å²) in [6.45, 7) is 2.54. The highest BCUT2D eigenvalue weighted by molar-refractivity contribution is 5.76. The van der Waals surface area contributed by atoms with Crippen molar-refractivity contribution in [3.63, 3.8) is 0 Å². The van der Waals surface area contributed by atoms with Crippen LogP contribution in [0.4, 0.5) is 0 Å². The van der Waals surface area contributed by atoms with Crippen molar-refractivity contribution in [3.8, 4) is 0 Å². The summed E-state index contributed by atoms with van der Waals surface area (Å²) >= 11 is 0. The van der Waals surface area contributed by atoms with Gasteiger partial charge in [-0.15, -0.1) is 0 Å². The minimum absolute atomic E-state index is 0.229. The van der Waals surface area contributed by atoms with Crippen LogP contribution in [-0.2, 0) is 14.3 Å². The fraction of sp³-hybridized carbons (Fsp3) is 0.400. The number of carbonyl (C=O) groups excluding carboxylic acids is 1. The number of esters is 1. The fourth-order valence-corrected chi connectivity index (χ4v) is 2.10. The third-order valence-electron chi connectivity index (χ3n) is 3.16. The van der Waals surface area contributed by atoms with Gasteiger partial charge in [-0.25, -0.2) is 0 Å². The van der Waals surface area contributed by atoms with E-state index in [-0.39, 0.29) is 12.0 Å². The molecule has 0 spiro atoms. The molecule has 0 saturated carbocycles. The Balaban J connectivity index is 1.93. The molecule has 1 fully saturated rings. The molecular formula is C15H19NO3. The molecule has 0 amide bonds. The first-order valence-electron chi connectivity index (χ1n) is 6.42. The summed E-state index contributed by atoms with van der Waals surface area (Å²) in [7, 11) is 1.41. The van der Waals surface area contributed by atoms with Crippen LogP contribution in [0.2, 0.25) is 0 Å². The zero-order valence-electron chi connectivity index (χ0n) is 11.1. The van der Waals surface area contributed by atoms with E-state index in [4.69, 9.17) is 9.47 Å². The molecule has 2 rings (SSSR count). The maximum absolute atomic E-state index is 11.6. The molecule has 19 heavy (non-hydrogen) atoms. The van der Waals surface area contributed by atoms with E-state index < -0.39 is 0 Å². The van der Waals surface area contributed by atoms with Gasteiger partial charge in [0.2, 0.25) is 0 Å². The average Bonchev–Trinajstić information content (AvgIpc) is 2.48. The van der Waals surface area contributed by atoms with Crippen molar-refractivity contribution in [1.29, 1.82) is 0 Å². The van der Waals surface area contributed by atoms with E-state index in [1.807, 2.05) is 30.3 Å². The van der Waals surface area contributed by atoms with Crippen molar-refractivity contribution < 1.29 is 14.3 Å². The van der Waals surface area contributed by atoms with E-state index >= 15 is 0 Å². The maximum atomic E-state index is 11.6. The standard InChI is InChI=1S/C15H19NO3/c1-18-15(17)14-12-19-11-10-16(14)9-5-8-13-6-3-2-4-7-13/h2-8,14H,9-12H2,1H3/b8-5+. The second kappa shape index (κ2) is 7.07. The van der Waals surface area contributed by atoms with Gasteiger partial charge in [0.15, 0.2) is 0 Å². The van der Waals surface area contributed by atoms with Gasteiger partial charge in [0, 0.05) is 13.1 Å². The molecular weight excluding hydrogens is 242 g/mol. The Morgan fingerprint density at radius 2 is 2.26 bits per heavy atom. The number of ether oxygens (including phenoxy) is 2. The van der Waals surface area contributed by atoms with E-state index in [1.165, 1.54) is 7.11 Å². The summed E-state index contributed by atoms with van der Waals surface area (Å²) in [5.74, 6) is -0.229. The van der Waals surface area contributed by atoms with Crippen LogP contribution in [-0.4, -0.2) is 50.3 Å². The summed E-state index contributed by atoms with van der Waals surface area (Å²) in [4.78, 5) is 13.7. The number of hydrogen-bond donors (Lipinski definition) is 0. The minimum Gasteiger partial charge on any atom is -0.468 e. The maximum Gasteiger partial charge on any atom is 0.325 e. The Bertz CT molecular complexity index is 430. The van der Waals surface area contributed by atoms with E-state index in [1.54, 1.807) is 0 Å². The first-order chi connectivity index (χ1) is 9.31. The molecule has 1 atom stereocenters. The summed E-state index contributed by atoms with van der Waals surface area (Å²) in [6, 6.07) is 9.81. The summed E-state index contributed by atoms with van der Waals surface area (Å²) in [5.41, 5.74) is 1.16. The molecule has 0 aliphatic carbocycles. The van der Waals surface area contributed by atoms with Gasteiger partial charge in [0.1, 0.15) is 6.04 Å². The van der Waals surface area contributed by atoms with Crippen LogP contribution < -0.4 is 0 Å². The molecule has 0 N–H and O–H groups in total. The van der Waals surface area contributed by atoms with Crippen LogP contribution in [0.5, 0.6) is 0 Å². The average molecular weight is 261 g/mol. The molecule has 1 saturated heterocycles. The van der Waals surface area contributed by atoms with Crippen LogP contribution in [0, 0.1) is 0 Å². The largest absolute Gasteiger partial charge is 0.468 e. The third kappa shape index (κ3) is 3.91. The molecule has 4 heteroatoms. The number of benzene rings is 1. The number of nitrogens with zero attached hydrogens (tertiary/aromatic N) is 1. The molecule has 1 aliphatic rings. The highest BCUT2D eigenvalue weighted by atomic mass is 16.5. The topological polar surface area (TPSA) is 38.8 Å². The molecule has 1 unspecified atom stereocenters. The highest BCUT2D eigenvalue weighted by Crippen LogP contribution is 2.09. The normalized spacial score (nSPS) is 20.6. The summed E-state index contributed by atoms with van der Waals surface area (Å²) in [5, 5.41) is 0. The van der Waals surface area contributed by atoms with Crippen LogP contribution in [0.15, 0.2) is 36.4 Å². The molecule has 0 bridgehead atoms. The van der Waals surface area contributed by atoms with E-state index in [9.17, 15) is 4.79 Å². The fourth-order valence-electron chi connectivity index (χ4n) is 2.10. The number of hydrogen-bond acceptors (Lipinski definition) is 4. The van der Waals surface area contributed by atoms with Gasteiger partial charge >= 0.3 is 5.97 Å². The lowest BCUT2D eigenvalue weighted by molar-refractivity contribution is -0.152. The molecule has 1 aromatic rings. The zero-order valence-corrected chi connectivity index (χ0v) is 11.1. The third-order valence-corrected chi connectivity index (χ3v) is 3.16. The van der Waals surface area contributed by atoms with Crippen LogP contribution in [0.1, 0.15) is 5.56 Å². The van der Waals surface area contributed by atoms with E-state index in [2.05, 4.69) is 17.1 Å². The Kier molecular flexibility index (Phi) is 5.12. The number of rotatable bonds is 4. The lowest BCUT2D eigenvalue weighted by Crippen LogP contribution is -2.50. The first-order valence-corrected chi connectivity index (χ1v) is 6.42. The second-order valence-electron chi connectivity index (χ2n) is 4.42. The Hall–Kier alpha value is -1.65. The molecule has 1 aromatic carbocycles. The number of morpholine rings is 1. The van der Waals surface area contributed by atoms with E-state index in [0.29, 0.717) is 13.2 Å². The molecule has 0 radical (unpaired) electrons. The number of carbonyl (C=O) groups is 1. The predicted octanol–water partition coefficient (Wildman–Crippen LogP) is 1.57. The van der Waals surface area contributed by atoms with Crippen molar-refractivity contribution in [2.45, 2.75) is 6.04 Å². The lowest BCUT2D eigenvalue weighted by atomic mass is 10.2. The van der Waals surface area contributed by atoms with Gasteiger partial charge in [0.25, 0.3) is 0 Å². The minimum atomic E-state index is -0.292. The summed E-state index contributed by atoms with van der Waals surface area (Å²) < 4.78 is 10.1. The van der Waals surface area contributed by atoms with Gasteiger partial charge in [-0.2, -0.15) is 0 Å². The quantitative estimate of drug-likeness (QED) is 0.771. The Labute approximate surface area is 113 Å². The van der Waals surface area contributed by atoms with Crippen LogP contribution in [0.25, 0.3) is 6.08 Å². The van der Waals surface area contributed by atoms with E-state index in [0.717, 1.165) is 18.7 Å².